The Hall–Kier alpha value is -4.15. The number of halogens is 1. The fourth-order valence-corrected chi connectivity index (χ4v) is 6.44. The van der Waals surface area contributed by atoms with Crippen LogP contribution in [0.4, 0.5) is 5.69 Å². The topological polar surface area (TPSA) is 96.0 Å². The van der Waals surface area contributed by atoms with E-state index in [2.05, 4.69) is 21.2 Å². The highest BCUT2D eigenvalue weighted by atomic mass is 79.9. The zero-order chi connectivity index (χ0) is 30.1. The normalized spacial score (nSPS) is 11.8. The Morgan fingerprint density at radius 1 is 0.857 bits per heavy atom. The van der Waals surface area contributed by atoms with Gasteiger partial charge in [-0.1, -0.05) is 82.7 Å². The van der Waals surface area contributed by atoms with Gasteiger partial charge in [-0.3, -0.25) is 13.9 Å². The first-order chi connectivity index (χ1) is 20.2. The SMILES string of the molecule is CNC(=O)[C@@H](Cc1ccccc1)N(Cc1cccc(Br)c1)C(=O)CN(c1cccc(OC)c1)S(=O)(=O)c1ccccc1. The summed E-state index contributed by atoms with van der Waals surface area (Å²) in [6.45, 7) is -0.457. The number of likely N-dealkylation sites (N-methyl/N-ethyl adjacent to an activating group) is 1. The zero-order valence-electron chi connectivity index (χ0n) is 23.3. The zero-order valence-corrected chi connectivity index (χ0v) is 25.7. The van der Waals surface area contributed by atoms with Crippen molar-refractivity contribution in [2.45, 2.75) is 23.9 Å². The van der Waals surface area contributed by atoms with Crippen LogP contribution in [0.5, 0.6) is 5.75 Å². The lowest BCUT2D eigenvalue weighted by Gasteiger charge is -2.33. The lowest BCUT2D eigenvalue weighted by Crippen LogP contribution is -2.53. The van der Waals surface area contributed by atoms with Crippen molar-refractivity contribution in [1.82, 2.24) is 10.2 Å². The van der Waals surface area contributed by atoms with Crippen molar-refractivity contribution in [3.63, 3.8) is 0 Å². The fourth-order valence-electron chi connectivity index (χ4n) is 4.57. The van der Waals surface area contributed by atoms with Crippen molar-refractivity contribution < 1.29 is 22.7 Å². The third-order valence-electron chi connectivity index (χ3n) is 6.71. The van der Waals surface area contributed by atoms with Crippen LogP contribution in [0.15, 0.2) is 119 Å². The van der Waals surface area contributed by atoms with Gasteiger partial charge in [-0.05, 0) is 47.5 Å². The average molecular weight is 651 g/mol. The molecule has 10 heteroatoms. The van der Waals surface area contributed by atoms with Crippen LogP contribution in [0.25, 0.3) is 0 Å². The van der Waals surface area contributed by atoms with Crippen LogP contribution in [-0.4, -0.2) is 51.9 Å². The van der Waals surface area contributed by atoms with Crippen LogP contribution < -0.4 is 14.4 Å². The van der Waals surface area contributed by atoms with Crippen LogP contribution >= 0.6 is 15.9 Å². The molecule has 0 unspecified atom stereocenters. The summed E-state index contributed by atoms with van der Waals surface area (Å²) in [6.07, 6.45) is 0.241. The molecular formula is C32H32BrN3O5S. The van der Waals surface area contributed by atoms with E-state index in [-0.39, 0.29) is 29.5 Å². The number of rotatable bonds is 12. The minimum atomic E-state index is -4.18. The summed E-state index contributed by atoms with van der Waals surface area (Å²) < 4.78 is 35.2. The molecule has 0 saturated heterocycles. The maximum absolute atomic E-state index is 14.3. The first kappa shape index (κ1) is 30.8. The Kier molecular flexibility index (Phi) is 10.4. The number of methoxy groups -OCH3 is 1. The van der Waals surface area contributed by atoms with E-state index in [1.54, 1.807) is 42.5 Å². The standard InChI is InChI=1S/C32H32BrN3O5S/c1-34-32(38)30(20-24-11-5-3-6-12-24)35(22-25-13-9-14-26(33)19-25)31(37)23-36(27-15-10-16-28(21-27)41-2)42(39,40)29-17-7-4-8-18-29/h3-19,21,30H,20,22-23H2,1-2H3,(H,34,38)/t30-/m1/s1. The average Bonchev–Trinajstić information content (AvgIpc) is 3.02. The Bertz CT molecular complexity index is 1620. The Morgan fingerprint density at radius 2 is 1.50 bits per heavy atom. The van der Waals surface area contributed by atoms with Gasteiger partial charge < -0.3 is 15.0 Å². The summed E-state index contributed by atoms with van der Waals surface area (Å²) in [4.78, 5) is 29.1. The van der Waals surface area contributed by atoms with Crippen molar-refractivity contribution in [3.8, 4) is 5.75 Å². The number of nitrogens with zero attached hydrogens (tertiary/aromatic N) is 2. The lowest BCUT2D eigenvalue weighted by molar-refractivity contribution is -0.139. The molecule has 4 aromatic rings. The molecule has 0 bridgehead atoms. The largest absolute Gasteiger partial charge is 0.497 e. The number of nitrogens with one attached hydrogen (secondary N) is 1. The second kappa shape index (κ2) is 14.2. The number of hydrogen-bond donors (Lipinski definition) is 1. The van der Waals surface area contributed by atoms with Gasteiger partial charge in [-0.15, -0.1) is 0 Å². The summed E-state index contributed by atoms with van der Waals surface area (Å²) in [5, 5.41) is 2.68. The number of sulfonamides is 1. The highest BCUT2D eigenvalue weighted by Crippen LogP contribution is 2.28. The van der Waals surface area contributed by atoms with Crippen LogP contribution in [0.2, 0.25) is 0 Å². The molecule has 4 aromatic carbocycles. The summed E-state index contributed by atoms with van der Waals surface area (Å²) in [6, 6.07) is 30.4. The summed E-state index contributed by atoms with van der Waals surface area (Å²) in [5.41, 5.74) is 1.90. The number of anilines is 1. The number of carbonyl (C=O) groups excluding carboxylic acids is 2. The van der Waals surface area contributed by atoms with Gasteiger partial charge in [0.2, 0.25) is 11.8 Å². The van der Waals surface area contributed by atoms with E-state index in [1.165, 1.54) is 31.2 Å². The lowest BCUT2D eigenvalue weighted by atomic mass is 10.0. The minimum absolute atomic E-state index is 0.0336. The maximum atomic E-state index is 14.3. The monoisotopic (exact) mass is 649 g/mol. The van der Waals surface area contributed by atoms with Crippen molar-refractivity contribution in [2.75, 3.05) is 25.0 Å². The molecule has 8 nitrogen and oxygen atoms in total. The maximum Gasteiger partial charge on any atom is 0.264 e. The molecule has 0 aliphatic heterocycles. The number of benzene rings is 4. The van der Waals surface area contributed by atoms with Crippen LogP contribution in [-0.2, 0) is 32.6 Å². The quantitative estimate of drug-likeness (QED) is 0.232. The van der Waals surface area contributed by atoms with Crippen LogP contribution in [0.3, 0.4) is 0 Å². The predicted molar refractivity (Wildman–Crippen MR) is 167 cm³/mol. The smallest absolute Gasteiger partial charge is 0.264 e. The fraction of sp³-hybridized carbons (Fsp3) is 0.188. The Balaban J connectivity index is 1.79. The molecule has 0 aliphatic rings. The highest BCUT2D eigenvalue weighted by Gasteiger charge is 2.34. The first-order valence-corrected chi connectivity index (χ1v) is 15.5. The van der Waals surface area contributed by atoms with Gasteiger partial charge in [0.1, 0.15) is 18.3 Å². The van der Waals surface area contributed by atoms with Gasteiger partial charge in [0.05, 0.1) is 17.7 Å². The summed E-state index contributed by atoms with van der Waals surface area (Å²) >= 11 is 3.48. The van der Waals surface area contributed by atoms with Gasteiger partial charge in [0.15, 0.2) is 0 Å². The van der Waals surface area contributed by atoms with Crippen LogP contribution in [0, 0.1) is 0 Å². The van der Waals surface area contributed by atoms with Crippen molar-refractivity contribution >= 4 is 43.5 Å². The Morgan fingerprint density at radius 3 is 2.14 bits per heavy atom. The molecule has 42 heavy (non-hydrogen) atoms. The van der Waals surface area contributed by atoms with Gasteiger partial charge in [0.25, 0.3) is 10.0 Å². The van der Waals surface area contributed by atoms with Crippen molar-refractivity contribution in [3.05, 3.63) is 125 Å². The van der Waals surface area contributed by atoms with Gasteiger partial charge in [0, 0.05) is 30.6 Å². The summed E-state index contributed by atoms with van der Waals surface area (Å²) in [7, 11) is -1.17. The molecule has 1 N–H and O–H groups in total. The second-order valence-corrected chi connectivity index (χ2v) is 12.3. The molecule has 218 valence electrons. The second-order valence-electron chi connectivity index (χ2n) is 9.50. The minimum Gasteiger partial charge on any atom is -0.497 e. The number of hydrogen-bond acceptors (Lipinski definition) is 5. The van der Waals surface area contributed by atoms with Gasteiger partial charge >= 0.3 is 0 Å². The third kappa shape index (κ3) is 7.57. The van der Waals surface area contributed by atoms with E-state index < -0.39 is 28.5 Å². The van der Waals surface area contributed by atoms with E-state index in [4.69, 9.17) is 4.74 Å². The molecular weight excluding hydrogens is 618 g/mol. The predicted octanol–water partition coefficient (Wildman–Crippen LogP) is 5.04. The number of ether oxygens (including phenoxy) is 1. The third-order valence-corrected chi connectivity index (χ3v) is 8.99. The molecule has 0 spiro atoms. The molecule has 0 radical (unpaired) electrons. The van der Waals surface area contributed by atoms with E-state index in [1.807, 2.05) is 54.6 Å². The van der Waals surface area contributed by atoms with Crippen molar-refractivity contribution in [1.29, 1.82) is 0 Å². The first-order valence-electron chi connectivity index (χ1n) is 13.2. The molecule has 0 aromatic heterocycles. The molecule has 0 saturated carbocycles. The van der Waals surface area contributed by atoms with E-state index in [9.17, 15) is 18.0 Å². The molecule has 0 fully saturated rings. The van der Waals surface area contributed by atoms with Gasteiger partial charge in [-0.2, -0.15) is 0 Å². The molecule has 2 amide bonds. The number of carbonyl (C=O) groups is 2. The molecule has 0 heterocycles. The van der Waals surface area contributed by atoms with E-state index in [0.29, 0.717) is 5.75 Å². The van der Waals surface area contributed by atoms with E-state index >= 15 is 0 Å². The van der Waals surface area contributed by atoms with E-state index in [0.717, 1.165) is 19.9 Å². The highest BCUT2D eigenvalue weighted by molar-refractivity contribution is 9.10. The van der Waals surface area contributed by atoms with Crippen LogP contribution in [0.1, 0.15) is 11.1 Å². The Labute approximate surface area is 255 Å². The molecule has 4 rings (SSSR count). The number of amides is 2. The molecule has 0 aliphatic carbocycles. The van der Waals surface area contributed by atoms with Gasteiger partial charge in [-0.25, -0.2) is 8.42 Å². The molecule has 1 atom stereocenters. The van der Waals surface area contributed by atoms with Crippen molar-refractivity contribution in [2.24, 2.45) is 0 Å². The summed E-state index contributed by atoms with van der Waals surface area (Å²) in [5.74, 6) is -0.464.